The summed E-state index contributed by atoms with van der Waals surface area (Å²) >= 11 is 0. The molecule has 0 aliphatic carbocycles. The van der Waals surface area contributed by atoms with Crippen molar-refractivity contribution in [3.63, 3.8) is 0 Å². The zero-order valence-electron chi connectivity index (χ0n) is 9.68. The molecule has 0 aliphatic heterocycles. The van der Waals surface area contributed by atoms with Gasteiger partial charge in [0, 0.05) is 6.54 Å². The molecular formula is C12H11FN2O3. The van der Waals surface area contributed by atoms with Gasteiger partial charge in [0.25, 0.3) is 0 Å². The van der Waals surface area contributed by atoms with Crippen LogP contribution in [-0.2, 0) is 6.54 Å². The van der Waals surface area contributed by atoms with Crippen molar-refractivity contribution in [2.75, 3.05) is 0 Å². The minimum absolute atomic E-state index is 0.0378. The van der Waals surface area contributed by atoms with Crippen LogP contribution in [0.2, 0.25) is 0 Å². The highest BCUT2D eigenvalue weighted by atomic mass is 19.1. The fourth-order valence-electron chi connectivity index (χ4n) is 1.78. The van der Waals surface area contributed by atoms with Crippen molar-refractivity contribution in [2.45, 2.75) is 19.9 Å². The van der Waals surface area contributed by atoms with E-state index in [1.165, 1.54) is 16.8 Å². The van der Waals surface area contributed by atoms with E-state index in [0.717, 1.165) is 12.5 Å². The number of fused-ring (bicyclic) bond motifs is 1. The standard InChI is InChI=1S/C12H11FN2O3/c1-2-5-15-9-4-3-7(13)6-8(9)11(16)10(14-15)12(17)18/h3-4,6H,2,5H2,1H3,(H,17,18). The quantitative estimate of drug-likeness (QED) is 0.898. The fraction of sp³-hybridized carbons (Fsp3) is 0.250. The Morgan fingerprint density at radius 2 is 2.22 bits per heavy atom. The number of carboxylic acid groups (broad SMARTS) is 1. The second-order valence-corrected chi connectivity index (χ2v) is 3.87. The van der Waals surface area contributed by atoms with E-state index in [9.17, 15) is 14.0 Å². The number of benzene rings is 1. The normalized spacial score (nSPS) is 10.8. The van der Waals surface area contributed by atoms with Gasteiger partial charge in [-0.25, -0.2) is 9.18 Å². The summed E-state index contributed by atoms with van der Waals surface area (Å²) in [6, 6.07) is 3.69. The van der Waals surface area contributed by atoms with E-state index in [1.807, 2.05) is 6.92 Å². The number of carboxylic acids is 1. The van der Waals surface area contributed by atoms with Gasteiger partial charge in [0.05, 0.1) is 10.9 Å². The lowest BCUT2D eigenvalue weighted by molar-refractivity contribution is 0.0686. The number of rotatable bonds is 3. The molecule has 0 aliphatic rings. The number of hydrogen-bond acceptors (Lipinski definition) is 3. The number of nitrogens with zero attached hydrogens (tertiary/aromatic N) is 2. The van der Waals surface area contributed by atoms with Crippen molar-refractivity contribution < 1.29 is 14.3 Å². The van der Waals surface area contributed by atoms with Gasteiger partial charge < -0.3 is 5.11 Å². The topological polar surface area (TPSA) is 72.2 Å². The zero-order chi connectivity index (χ0) is 13.3. The van der Waals surface area contributed by atoms with Crippen molar-refractivity contribution in [3.8, 4) is 0 Å². The lowest BCUT2D eigenvalue weighted by Gasteiger charge is -2.09. The smallest absolute Gasteiger partial charge is 0.360 e. The van der Waals surface area contributed by atoms with Crippen LogP contribution in [0.1, 0.15) is 23.8 Å². The minimum atomic E-state index is -1.41. The SMILES string of the molecule is CCCn1nc(C(=O)O)c(=O)c2cc(F)ccc21. The molecule has 0 saturated carbocycles. The van der Waals surface area contributed by atoms with Gasteiger partial charge >= 0.3 is 5.97 Å². The van der Waals surface area contributed by atoms with Crippen LogP contribution >= 0.6 is 0 Å². The molecule has 0 atom stereocenters. The molecule has 1 N–H and O–H groups in total. The molecule has 5 nitrogen and oxygen atoms in total. The van der Waals surface area contributed by atoms with Gasteiger partial charge in [-0.05, 0) is 24.6 Å². The van der Waals surface area contributed by atoms with Crippen molar-refractivity contribution in [1.82, 2.24) is 9.78 Å². The third kappa shape index (κ3) is 1.97. The first-order chi connectivity index (χ1) is 8.54. The molecule has 0 fully saturated rings. The number of aromatic nitrogens is 2. The largest absolute Gasteiger partial charge is 0.476 e. The third-order valence-corrected chi connectivity index (χ3v) is 2.56. The van der Waals surface area contributed by atoms with Crippen LogP contribution in [0.25, 0.3) is 10.9 Å². The molecule has 6 heteroatoms. The number of hydrogen-bond donors (Lipinski definition) is 1. The van der Waals surface area contributed by atoms with E-state index >= 15 is 0 Å². The van der Waals surface area contributed by atoms with E-state index in [0.29, 0.717) is 12.1 Å². The van der Waals surface area contributed by atoms with E-state index in [-0.39, 0.29) is 5.39 Å². The van der Waals surface area contributed by atoms with Gasteiger partial charge in [0.15, 0.2) is 0 Å². The molecule has 0 saturated heterocycles. The van der Waals surface area contributed by atoms with E-state index < -0.39 is 22.9 Å². The average Bonchev–Trinajstić information content (AvgIpc) is 2.32. The van der Waals surface area contributed by atoms with Gasteiger partial charge in [-0.3, -0.25) is 9.48 Å². The summed E-state index contributed by atoms with van der Waals surface area (Å²) in [5.41, 5.74) is -0.904. The van der Waals surface area contributed by atoms with Gasteiger partial charge in [0.2, 0.25) is 11.1 Å². The van der Waals surface area contributed by atoms with E-state index in [4.69, 9.17) is 5.11 Å². The van der Waals surface area contributed by atoms with Crippen LogP contribution in [0.5, 0.6) is 0 Å². The molecule has 0 bridgehead atoms. The highest BCUT2D eigenvalue weighted by Gasteiger charge is 2.16. The molecule has 1 aromatic carbocycles. The lowest BCUT2D eigenvalue weighted by atomic mass is 10.2. The molecule has 0 amide bonds. The Labute approximate surface area is 101 Å². The summed E-state index contributed by atoms with van der Waals surface area (Å²) in [7, 11) is 0. The fourth-order valence-corrected chi connectivity index (χ4v) is 1.78. The van der Waals surface area contributed by atoms with Gasteiger partial charge in [-0.2, -0.15) is 5.10 Å². The Kier molecular flexibility index (Phi) is 3.10. The average molecular weight is 250 g/mol. The Hall–Kier alpha value is -2.24. The van der Waals surface area contributed by atoms with Crippen LogP contribution in [-0.4, -0.2) is 20.9 Å². The molecule has 94 valence electrons. The molecule has 0 unspecified atom stereocenters. The molecule has 1 heterocycles. The third-order valence-electron chi connectivity index (χ3n) is 2.56. The van der Waals surface area contributed by atoms with Crippen LogP contribution < -0.4 is 5.43 Å². The van der Waals surface area contributed by atoms with Crippen LogP contribution in [0.4, 0.5) is 4.39 Å². The van der Waals surface area contributed by atoms with Crippen LogP contribution in [0.15, 0.2) is 23.0 Å². The highest BCUT2D eigenvalue weighted by Crippen LogP contribution is 2.12. The Balaban J connectivity index is 2.87. The number of halogens is 1. The monoisotopic (exact) mass is 250 g/mol. The first-order valence-corrected chi connectivity index (χ1v) is 5.48. The molecule has 0 radical (unpaired) electrons. The Morgan fingerprint density at radius 1 is 1.50 bits per heavy atom. The number of carbonyl (C=O) groups is 1. The predicted molar refractivity (Wildman–Crippen MR) is 63.2 cm³/mol. The summed E-state index contributed by atoms with van der Waals surface area (Å²) in [4.78, 5) is 22.8. The maximum Gasteiger partial charge on any atom is 0.360 e. The van der Waals surface area contributed by atoms with Crippen LogP contribution in [0, 0.1) is 5.82 Å². The number of aryl methyl sites for hydroxylation is 1. The van der Waals surface area contributed by atoms with Crippen molar-refractivity contribution in [1.29, 1.82) is 0 Å². The molecule has 2 aromatic rings. The van der Waals surface area contributed by atoms with Gasteiger partial charge in [-0.1, -0.05) is 6.92 Å². The van der Waals surface area contributed by atoms with Crippen molar-refractivity contribution in [2.24, 2.45) is 0 Å². The van der Waals surface area contributed by atoms with Gasteiger partial charge in [-0.15, -0.1) is 0 Å². The maximum absolute atomic E-state index is 13.2. The summed E-state index contributed by atoms with van der Waals surface area (Å²) in [6.07, 6.45) is 0.724. The maximum atomic E-state index is 13.2. The molecule has 2 rings (SSSR count). The van der Waals surface area contributed by atoms with E-state index in [1.54, 1.807) is 0 Å². The molecule has 1 aromatic heterocycles. The first kappa shape index (κ1) is 12.2. The summed E-state index contributed by atoms with van der Waals surface area (Å²) in [5, 5.41) is 12.8. The van der Waals surface area contributed by atoms with Crippen LogP contribution in [0.3, 0.4) is 0 Å². The second kappa shape index (κ2) is 4.56. The Morgan fingerprint density at radius 3 is 2.83 bits per heavy atom. The molecule has 18 heavy (non-hydrogen) atoms. The van der Waals surface area contributed by atoms with Crippen molar-refractivity contribution >= 4 is 16.9 Å². The predicted octanol–water partition coefficient (Wildman–Crippen LogP) is 1.64. The molecular weight excluding hydrogens is 239 g/mol. The minimum Gasteiger partial charge on any atom is -0.476 e. The highest BCUT2D eigenvalue weighted by molar-refractivity contribution is 5.90. The zero-order valence-corrected chi connectivity index (χ0v) is 9.68. The van der Waals surface area contributed by atoms with Crippen molar-refractivity contribution in [3.05, 3.63) is 39.9 Å². The summed E-state index contributed by atoms with van der Waals surface area (Å²) < 4.78 is 14.6. The lowest BCUT2D eigenvalue weighted by Crippen LogP contribution is -2.23. The molecule has 0 spiro atoms. The first-order valence-electron chi connectivity index (χ1n) is 5.48. The summed E-state index contributed by atoms with van der Waals surface area (Å²) in [6.45, 7) is 2.36. The number of aromatic carboxylic acids is 1. The van der Waals surface area contributed by atoms with E-state index in [2.05, 4.69) is 5.10 Å². The summed E-state index contributed by atoms with van der Waals surface area (Å²) in [5.74, 6) is -1.98. The second-order valence-electron chi connectivity index (χ2n) is 3.87. The Bertz CT molecular complexity index is 679. The van der Waals surface area contributed by atoms with Gasteiger partial charge in [0.1, 0.15) is 5.82 Å².